The van der Waals surface area contributed by atoms with Gasteiger partial charge in [-0.1, -0.05) is 6.92 Å². The highest BCUT2D eigenvalue weighted by Crippen LogP contribution is 2.37. The van der Waals surface area contributed by atoms with Crippen LogP contribution in [0.4, 0.5) is 17.3 Å². The Hall–Kier alpha value is -4.95. The molecule has 4 aromatic rings. The van der Waals surface area contributed by atoms with E-state index in [2.05, 4.69) is 49.9 Å². The van der Waals surface area contributed by atoms with Crippen LogP contribution in [0.25, 0.3) is 5.65 Å². The Bertz CT molecular complexity index is 1740. The highest BCUT2D eigenvalue weighted by atomic mass is 16.2. The van der Waals surface area contributed by atoms with Gasteiger partial charge in [0, 0.05) is 57.4 Å². The molecule has 14 heteroatoms. The lowest BCUT2D eigenvalue weighted by atomic mass is 9.86. The number of anilines is 3. The number of amides is 1. The number of nitrogens with one attached hydrogen (secondary N) is 2. The van der Waals surface area contributed by atoms with Crippen LogP contribution in [-0.2, 0) is 23.3 Å². The summed E-state index contributed by atoms with van der Waals surface area (Å²) in [5.41, 5.74) is 2.70. The van der Waals surface area contributed by atoms with Crippen LogP contribution in [0.3, 0.4) is 0 Å². The topological polar surface area (TPSA) is 161 Å². The fourth-order valence-corrected chi connectivity index (χ4v) is 5.97. The Morgan fingerprint density at radius 1 is 1.16 bits per heavy atom. The molecule has 234 valence electrons. The Kier molecular flexibility index (Phi) is 8.16. The van der Waals surface area contributed by atoms with Gasteiger partial charge in [0.25, 0.3) is 0 Å². The first-order valence-electron chi connectivity index (χ1n) is 15.4. The van der Waals surface area contributed by atoms with E-state index in [0.29, 0.717) is 62.5 Å². The van der Waals surface area contributed by atoms with E-state index in [9.17, 15) is 15.3 Å². The van der Waals surface area contributed by atoms with Crippen molar-refractivity contribution in [2.75, 3.05) is 42.9 Å². The number of nitriles is 2. The monoisotopic (exact) mass is 609 g/mol. The molecule has 4 aromatic heterocycles. The maximum absolute atomic E-state index is 13.0. The standard InChI is InChI=1S/C31H39N13O/c1-4-23-14-36-44(16-23)31(9-10-32)21-41(22-31)26-6-5-11-43-28(26)38-29(39-43)37-25-15-35-42(17-25)18-27(45)40-12-7-24(8-13-40)34-20-30(2,3)19-33/h5-6,11,14-17,24,34H,4,7-9,12-13,18,20-22H2,1-3H3,(H,37,39). The van der Waals surface area contributed by atoms with Gasteiger partial charge in [0.2, 0.25) is 11.9 Å². The number of carbonyl (C=O) groups is 1. The SMILES string of the molecule is CCc1cnn(C2(CC#N)CN(c3cccn4nc(Nc5cnn(CC(=O)N6CCC(NCC(C)(C)C#N)CC6)c5)nc34)C2)c1. The van der Waals surface area contributed by atoms with Crippen molar-refractivity contribution in [3.8, 4) is 12.1 Å². The summed E-state index contributed by atoms with van der Waals surface area (Å²) in [5.74, 6) is 0.449. The van der Waals surface area contributed by atoms with Gasteiger partial charge in [0.05, 0.1) is 47.7 Å². The van der Waals surface area contributed by atoms with Gasteiger partial charge in [0.15, 0.2) is 5.65 Å². The number of rotatable bonds is 11. The molecule has 0 spiro atoms. The van der Waals surface area contributed by atoms with Crippen LogP contribution in [0.5, 0.6) is 0 Å². The molecule has 2 N–H and O–H groups in total. The minimum absolute atomic E-state index is 0.0269. The zero-order valence-corrected chi connectivity index (χ0v) is 26.0. The molecule has 45 heavy (non-hydrogen) atoms. The van der Waals surface area contributed by atoms with E-state index >= 15 is 0 Å². The van der Waals surface area contributed by atoms with Gasteiger partial charge in [-0.15, -0.1) is 5.10 Å². The van der Waals surface area contributed by atoms with E-state index in [0.717, 1.165) is 30.5 Å². The number of hydrogen-bond donors (Lipinski definition) is 2. The molecule has 0 saturated carbocycles. The molecular formula is C31H39N13O. The molecule has 6 rings (SSSR count). The summed E-state index contributed by atoms with van der Waals surface area (Å²) < 4.78 is 5.31. The van der Waals surface area contributed by atoms with E-state index in [1.807, 2.05) is 54.2 Å². The maximum Gasteiger partial charge on any atom is 0.247 e. The van der Waals surface area contributed by atoms with E-state index in [1.54, 1.807) is 21.6 Å². The normalized spacial score (nSPS) is 16.7. The molecule has 0 unspecified atom stereocenters. The van der Waals surface area contributed by atoms with Crippen molar-refractivity contribution in [3.63, 3.8) is 0 Å². The zero-order valence-electron chi connectivity index (χ0n) is 26.0. The summed E-state index contributed by atoms with van der Waals surface area (Å²) in [4.78, 5) is 21.8. The van der Waals surface area contributed by atoms with Gasteiger partial charge in [0.1, 0.15) is 12.1 Å². The first-order valence-corrected chi connectivity index (χ1v) is 15.4. The predicted octanol–water partition coefficient (Wildman–Crippen LogP) is 2.69. The quantitative estimate of drug-likeness (QED) is 0.259. The van der Waals surface area contributed by atoms with Crippen LogP contribution in [0.15, 0.2) is 43.1 Å². The van der Waals surface area contributed by atoms with Crippen molar-refractivity contribution < 1.29 is 4.79 Å². The van der Waals surface area contributed by atoms with Crippen LogP contribution in [0.1, 0.15) is 45.6 Å². The van der Waals surface area contributed by atoms with Crippen molar-refractivity contribution in [2.45, 2.75) is 64.6 Å². The second-order valence-corrected chi connectivity index (χ2v) is 12.7. The van der Waals surface area contributed by atoms with Gasteiger partial charge >= 0.3 is 0 Å². The third-order valence-electron chi connectivity index (χ3n) is 8.76. The second-order valence-electron chi connectivity index (χ2n) is 12.7. The van der Waals surface area contributed by atoms with Gasteiger partial charge in [-0.2, -0.15) is 25.7 Å². The Morgan fingerprint density at radius 3 is 2.67 bits per heavy atom. The summed E-state index contributed by atoms with van der Waals surface area (Å²) in [5, 5.41) is 39.0. The average Bonchev–Trinajstić information content (AvgIpc) is 3.78. The highest BCUT2D eigenvalue weighted by molar-refractivity contribution is 5.76. The van der Waals surface area contributed by atoms with E-state index in [4.69, 9.17) is 4.98 Å². The number of fused-ring (bicyclic) bond motifs is 1. The highest BCUT2D eigenvalue weighted by Gasteiger charge is 2.46. The smallest absolute Gasteiger partial charge is 0.247 e. The van der Waals surface area contributed by atoms with Crippen molar-refractivity contribution in [1.29, 1.82) is 10.5 Å². The summed E-state index contributed by atoms with van der Waals surface area (Å²) in [7, 11) is 0. The molecule has 2 aliphatic heterocycles. The average molecular weight is 610 g/mol. The van der Waals surface area contributed by atoms with E-state index in [1.165, 1.54) is 0 Å². The molecule has 0 bridgehead atoms. The Labute approximate surface area is 262 Å². The number of hydrogen-bond acceptors (Lipinski definition) is 10. The number of nitrogens with zero attached hydrogens (tertiary/aromatic N) is 11. The summed E-state index contributed by atoms with van der Waals surface area (Å²) in [6.07, 6.45) is 12.2. The van der Waals surface area contributed by atoms with Crippen LogP contribution in [0.2, 0.25) is 0 Å². The molecule has 14 nitrogen and oxygen atoms in total. The third-order valence-corrected chi connectivity index (χ3v) is 8.76. The number of aromatic nitrogens is 7. The molecule has 2 aliphatic rings. The molecule has 0 aromatic carbocycles. The summed E-state index contributed by atoms with van der Waals surface area (Å²) >= 11 is 0. The Balaban J connectivity index is 1.05. The first-order chi connectivity index (χ1) is 21.7. The molecule has 2 fully saturated rings. The molecule has 0 aliphatic carbocycles. The second kappa shape index (κ2) is 12.2. The minimum atomic E-state index is -0.403. The maximum atomic E-state index is 13.0. The third kappa shape index (κ3) is 6.33. The number of carbonyl (C=O) groups excluding carboxylic acids is 1. The van der Waals surface area contributed by atoms with E-state index in [-0.39, 0.29) is 18.0 Å². The van der Waals surface area contributed by atoms with Crippen molar-refractivity contribution >= 4 is 28.9 Å². The number of pyridine rings is 1. The molecule has 2 saturated heterocycles. The number of aryl methyl sites for hydroxylation is 1. The predicted molar refractivity (Wildman–Crippen MR) is 168 cm³/mol. The molecular weight excluding hydrogens is 570 g/mol. The van der Waals surface area contributed by atoms with Crippen molar-refractivity contribution in [2.24, 2.45) is 5.41 Å². The minimum Gasteiger partial charge on any atom is -0.363 e. The van der Waals surface area contributed by atoms with Crippen LogP contribution in [0, 0.1) is 28.1 Å². The van der Waals surface area contributed by atoms with Crippen LogP contribution >= 0.6 is 0 Å². The lowest BCUT2D eigenvalue weighted by Crippen LogP contribution is -2.63. The fraction of sp³-hybridized carbons (Fsp3) is 0.516. The van der Waals surface area contributed by atoms with Gasteiger partial charge in [-0.05, 0) is 50.8 Å². The molecule has 0 radical (unpaired) electrons. The molecule has 1 amide bonds. The van der Waals surface area contributed by atoms with Crippen LogP contribution < -0.4 is 15.5 Å². The molecule has 0 atom stereocenters. The number of likely N-dealkylation sites (tertiary alicyclic amines) is 1. The largest absolute Gasteiger partial charge is 0.363 e. The Morgan fingerprint density at radius 2 is 1.96 bits per heavy atom. The van der Waals surface area contributed by atoms with Crippen molar-refractivity contribution in [3.05, 3.63) is 48.7 Å². The fourth-order valence-electron chi connectivity index (χ4n) is 5.97. The lowest BCUT2D eigenvalue weighted by Gasteiger charge is -2.50. The van der Waals surface area contributed by atoms with Gasteiger partial charge in [-0.3, -0.25) is 14.2 Å². The number of piperidine rings is 1. The van der Waals surface area contributed by atoms with Gasteiger partial charge in [-0.25, -0.2) is 4.52 Å². The summed E-state index contributed by atoms with van der Waals surface area (Å²) in [6.45, 7) is 9.39. The van der Waals surface area contributed by atoms with Crippen molar-refractivity contribution in [1.82, 2.24) is 44.4 Å². The lowest BCUT2D eigenvalue weighted by molar-refractivity contribution is -0.133. The molecule has 6 heterocycles. The van der Waals surface area contributed by atoms with Crippen LogP contribution in [-0.4, -0.2) is 83.7 Å². The zero-order chi connectivity index (χ0) is 31.6. The summed E-state index contributed by atoms with van der Waals surface area (Å²) in [6, 6.07) is 8.93. The van der Waals surface area contributed by atoms with E-state index < -0.39 is 5.41 Å². The first kappa shape index (κ1) is 30.1. The van der Waals surface area contributed by atoms with Gasteiger partial charge < -0.3 is 20.4 Å².